The van der Waals surface area contributed by atoms with Crippen LogP contribution in [0.1, 0.15) is 44.0 Å². The molecular weight excluding hydrogens is 481 g/mol. The van der Waals surface area contributed by atoms with E-state index in [0.717, 1.165) is 39.4 Å². The number of anilines is 1. The van der Waals surface area contributed by atoms with Crippen LogP contribution in [0.5, 0.6) is 5.75 Å². The summed E-state index contributed by atoms with van der Waals surface area (Å²) in [6, 6.07) is 19.0. The Balaban J connectivity index is 1.42. The summed E-state index contributed by atoms with van der Waals surface area (Å²) in [5.41, 5.74) is 7.05. The summed E-state index contributed by atoms with van der Waals surface area (Å²) in [7, 11) is 0. The molecule has 0 saturated heterocycles. The van der Waals surface area contributed by atoms with Crippen LogP contribution in [0, 0.1) is 27.7 Å². The molecule has 1 heterocycles. The summed E-state index contributed by atoms with van der Waals surface area (Å²) >= 11 is 12.2. The van der Waals surface area contributed by atoms with E-state index in [0.29, 0.717) is 34.4 Å². The van der Waals surface area contributed by atoms with Gasteiger partial charge in [-0.3, -0.25) is 9.48 Å². The Hall–Kier alpha value is -3.28. The van der Waals surface area contributed by atoms with Crippen molar-refractivity contribution in [1.82, 2.24) is 9.78 Å². The van der Waals surface area contributed by atoms with E-state index in [1.165, 1.54) is 0 Å². The van der Waals surface area contributed by atoms with Crippen molar-refractivity contribution in [3.05, 3.63) is 110 Å². The molecule has 0 saturated carbocycles. The van der Waals surface area contributed by atoms with Crippen molar-refractivity contribution in [2.75, 3.05) is 5.32 Å². The molecule has 1 aromatic heterocycles. The highest BCUT2D eigenvalue weighted by molar-refractivity contribution is 6.42. The largest absolute Gasteiger partial charge is 0.488 e. The second-order valence-corrected chi connectivity index (χ2v) is 9.43. The van der Waals surface area contributed by atoms with Crippen molar-refractivity contribution in [1.29, 1.82) is 0 Å². The van der Waals surface area contributed by atoms with Crippen LogP contribution in [-0.2, 0) is 13.2 Å². The van der Waals surface area contributed by atoms with Gasteiger partial charge in [-0.25, -0.2) is 0 Å². The molecule has 0 spiro atoms. The maximum absolute atomic E-state index is 12.9. The zero-order valence-electron chi connectivity index (χ0n) is 20.2. The van der Waals surface area contributed by atoms with Crippen LogP contribution in [0.15, 0.2) is 60.7 Å². The molecule has 4 rings (SSSR count). The lowest BCUT2D eigenvalue weighted by atomic mass is 10.1. The number of para-hydroxylation sites is 1. The van der Waals surface area contributed by atoms with Crippen LogP contribution in [-0.4, -0.2) is 15.7 Å². The third-order valence-corrected chi connectivity index (χ3v) is 6.68. The second-order valence-electron chi connectivity index (χ2n) is 8.61. The van der Waals surface area contributed by atoms with Crippen molar-refractivity contribution in [2.24, 2.45) is 0 Å². The van der Waals surface area contributed by atoms with E-state index in [4.69, 9.17) is 27.9 Å². The molecule has 180 valence electrons. The first-order valence-electron chi connectivity index (χ1n) is 11.3. The molecule has 7 heteroatoms. The Morgan fingerprint density at radius 2 is 1.57 bits per heavy atom. The van der Waals surface area contributed by atoms with Crippen LogP contribution in [0.25, 0.3) is 0 Å². The predicted molar refractivity (Wildman–Crippen MR) is 142 cm³/mol. The minimum absolute atomic E-state index is 0.187. The lowest BCUT2D eigenvalue weighted by Gasteiger charge is -2.12. The Kier molecular flexibility index (Phi) is 7.48. The Bertz CT molecular complexity index is 1360. The first-order valence-corrected chi connectivity index (χ1v) is 12.1. The first kappa shape index (κ1) is 24.8. The van der Waals surface area contributed by atoms with Crippen LogP contribution in [0.4, 0.5) is 5.69 Å². The van der Waals surface area contributed by atoms with Gasteiger partial charge < -0.3 is 10.1 Å². The molecule has 0 radical (unpaired) electrons. The molecule has 35 heavy (non-hydrogen) atoms. The lowest BCUT2D eigenvalue weighted by molar-refractivity contribution is 0.102. The number of nitrogens with one attached hydrogen (secondary N) is 1. The highest BCUT2D eigenvalue weighted by Gasteiger charge is 2.16. The minimum atomic E-state index is -0.187. The van der Waals surface area contributed by atoms with Gasteiger partial charge in [0.05, 0.1) is 33.7 Å². The zero-order chi connectivity index (χ0) is 25.1. The standard InChI is InChI=1S/C28H27Cl2N3O2/c1-17-6-5-7-18(2)27(17)35-16-21-8-11-23(12-9-21)28(34)31-26-19(3)32-33(20(26)4)15-22-10-13-24(29)25(30)14-22/h5-14H,15-16H2,1-4H3,(H,31,34). The third-order valence-electron chi connectivity index (χ3n) is 5.94. The number of nitrogens with zero attached hydrogens (tertiary/aromatic N) is 2. The Labute approximate surface area is 215 Å². The van der Waals surface area contributed by atoms with Crippen LogP contribution in [0.3, 0.4) is 0 Å². The summed E-state index contributed by atoms with van der Waals surface area (Å²) in [6.07, 6.45) is 0. The fourth-order valence-corrected chi connectivity index (χ4v) is 4.28. The highest BCUT2D eigenvalue weighted by atomic mass is 35.5. The number of aromatic nitrogens is 2. The number of carbonyl (C=O) groups excluding carboxylic acids is 1. The normalized spacial score (nSPS) is 10.9. The molecule has 3 aromatic carbocycles. The molecule has 0 unspecified atom stereocenters. The average molecular weight is 508 g/mol. The summed E-state index contributed by atoms with van der Waals surface area (Å²) in [5.74, 6) is 0.714. The summed E-state index contributed by atoms with van der Waals surface area (Å²) in [5, 5.41) is 8.62. The summed E-state index contributed by atoms with van der Waals surface area (Å²) in [4.78, 5) is 12.9. The van der Waals surface area contributed by atoms with Gasteiger partial charge in [0, 0.05) is 5.56 Å². The number of amides is 1. The third kappa shape index (κ3) is 5.69. The predicted octanol–water partition coefficient (Wildman–Crippen LogP) is 7.30. The number of rotatable bonds is 7. The molecule has 0 aliphatic carbocycles. The van der Waals surface area contributed by atoms with E-state index >= 15 is 0 Å². The van der Waals surface area contributed by atoms with E-state index in [9.17, 15) is 4.79 Å². The van der Waals surface area contributed by atoms with Gasteiger partial charge in [0.15, 0.2) is 0 Å². The van der Waals surface area contributed by atoms with Crippen LogP contribution >= 0.6 is 23.2 Å². The lowest BCUT2D eigenvalue weighted by Crippen LogP contribution is -2.13. The number of ether oxygens (including phenoxy) is 1. The maximum Gasteiger partial charge on any atom is 0.255 e. The Morgan fingerprint density at radius 1 is 0.914 bits per heavy atom. The van der Waals surface area contributed by atoms with E-state index in [1.807, 2.05) is 87.0 Å². The van der Waals surface area contributed by atoms with E-state index in [-0.39, 0.29) is 5.91 Å². The van der Waals surface area contributed by atoms with Gasteiger partial charge in [-0.2, -0.15) is 5.10 Å². The summed E-state index contributed by atoms with van der Waals surface area (Å²) < 4.78 is 7.87. The molecule has 0 aliphatic rings. The fraction of sp³-hybridized carbons (Fsp3) is 0.214. The molecule has 1 N–H and O–H groups in total. The molecule has 5 nitrogen and oxygen atoms in total. The molecular formula is C28H27Cl2N3O2. The highest BCUT2D eigenvalue weighted by Crippen LogP contribution is 2.26. The van der Waals surface area contributed by atoms with Gasteiger partial charge in [0.25, 0.3) is 5.91 Å². The molecule has 0 aliphatic heterocycles. The van der Waals surface area contributed by atoms with Crippen molar-refractivity contribution in [3.8, 4) is 5.75 Å². The molecule has 0 bridgehead atoms. The first-order chi connectivity index (χ1) is 16.7. The Morgan fingerprint density at radius 3 is 2.23 bits per heavy atom. The smallest absolute Gasteiger partial charge is 0.255 e. The zero-order valence-corrected chi connectivity index (χ0v) is 21.7. The fourth-order valence-electron chi connectivity index (χ4n) is 3.96. The SMILES string of the molecule is Cc1cccc(C)c1OCc1ccc(C(=O)Nc2c(C)nn(Cc3ccc(Cl)c(Cl)c3)c2C)cc1. The van der Waals surface area contributed by atoms with Crippen LogP contribution < -0.4 is 10.1 Å². The van der Waals surface area contributed by atoms with Gasteiger partial charge in [-0.05, 0) is 74.2 Å². The van der Waals surface area contributed by atoms with Crippen molar-refractivity contribution < 1.29 is 9.53 Å². The monoisotopic (exact) mass is 507 g/mol. The van der Waals surface area contributed by atoms with Gasteiger partial charge in [-0.15, -0.1) is 0 Å². The minimum Gasteiger partial charge on any atom is -0.488 e. The van der Waals surface area contributed by atoms with E-state index in [1.54, 1.807) is 6.07 Å². The number of hydrogen-bond donors (Lipinski definition) is 1. The van der Waals surface area contributed by atoms with Gasteiger partial charge >= 0.3 is 0 Å². The van der Waals surface area contributed by atoms with E-state index < -0.39 is 0 Å². The van der Waals surface area contributed by atoms with Gasteiger partial charge in [-0.1, -0.05) is 59.6 Å². The van der Waals surface area contributed by atoms with E-state index in [2.05, 4.69) is 10.4 Å². The second kappa shape index (κ2) is 10.5. The molecule has 0 fully saturated rings. The van der Waals surface area contributed by atoms with Gasteiger partial charge in [0.1, 0.15) is 12.4 Å². The molecule has 1 amide bonds. The number of hydrogen-bond acceptors (Lipinski definition) is 3. The number of halogens is 2. The van der Waals surface area contributed by atoms with Crippen molar-refractivity contribution in [2.45, 2.75) is 40.8 Å². The number of aryl methyl sites for hydroxylation is 3. The van der Waals surface area contributed by atoms with Gasteiger partial charge in [0.2, 0.25) is 0 Å². The van der Waals surface area contributed by atoms with Crippen molar-refractivity contribution in [3.63, 3.8) is 0 Å². The maximum atomic E-state index is 12.9. The number of carbonyl (C=O) groups is 1. The molecule has 4 aromatic rings. The topological polar surface area (TPSA) is 56.1 Å². The number of benzene rings is 3. The molecule has 0 atom stereocenters. The average Bonchev–Trinajstić information content (AvgIpc) is 3.08. The summed E-state index contributed by atoms with van der Waals surface area (Å²) in [6.45, 7) is 8.84. The van der Waals surface area contributed by atoms with Crippen molar-refractivity contribution >= 4 is 34.8 Å². The van der Waals surface area contributed by atoms with Crippen LogP contribution in [0.2, 0.25) is 10.0 Å². The quantitative estimate of drug-likeness (QED) is 0.285.